The van der Waals surface area contributed by atoms with E-state index in [-0.39, 0.29) is 18.5 Å². The molecular formula is C23H27F2N3O2. The average molecular weight is 415 g/mol. The number of halogens is 2. The molecule has 7 heteroatoms. The van der Waals surface area contributed by atoms with Gasteiger partial charge in [0, 0.05) is 30.6 Å². The van der Waals surface area contributed by atoms with Crippen molar-refractivity contribution in [1.29, 1.82) is 0 Å². The quantitative estimate of drug-likeness (QED) is 0.705. The summed E-state index contributed by atoms with van der Waals surface area (Å²) in [4.78, 5) is 12.7. The maximum absolute atomic E-state index is 13.5. The average Bonchev–Trinajstić information content (AvgIpc) is 2.77. The Morgan fingerprint density at radius 3 is 2.77 bits per heavy atom. The number of rotatable bonds is 6. The SMILES string of the molecule is COc1cc2c(cc1CNC1CCCNC1c1ccccc1)N(C(F)F)C(=O)CC2. The lowest BCUT2D eigenvalue weighted by molar-refractivity contribution is -0.121. The van der Waals surface area contributed by atoms with Crippen LogP contribution >= 0.6 is 0 Å². The zero-order valence-electron chi connectivity index (χ0n) is 17.0. The van der Waals surface area contributed by atoms with Gasteiger partial charge in [-0.1, -0.05) is 30.3 Å². The number of hydrogen-bond donors (Lipinski definition) is 2. The van der Waals surface area contributed by atoms with Crippen LogP contribution in [0.15, 0.2) is 42.5 Å². The van der Waals surface area contributed by atoms with Crippen molar-refractivity contribution in [3.05, 3.63) is 59.2 Å². The molecule has 30 heavy (non-hydrogen) atoms. The summed E-state index contributed by atoms with van der Waals surface area (Å²) in [5.41, 5.74) is 3.01. The number of methoxy groups -OCH3 is 1. The number of carbonyl (C=O) groups excluding carboxylic acids is 1. The minimum absolute atomic E-state index is 0.0879. The molecular weight excluding hydrogens is 388 g/mol. The molecule has 2 N–H and O–H groups in total. The Hall–Kier alpha value is -2.51. The van der Waals surface area contributed by atoms with Crippen LogP contribution in [-0.2, 0) is 17.8 Å². The second-order valence-electron chi connectivity index (χ2n) is 7.81. The van der Waals surface area contributed by atoms with Crippen LogP contribution in [0.1, 0.15) is 42.0 Å². The Kier molecular flexibility index (Phi) is 6.29. The predicted molar refractivity (Wildman–Crippen MR) is 112 cm³/mol. The van der Waals surface area contributed by atoms with Crippen LogP contribution in [0.4, 0.5) is 14.5 Å². The number of alkyl halides is 2. The number of amides is 1. The van der Waals surface area contributed by atoms with Crippen LogP contribution in [0.3, 0.4) is 0 Å². The number of ether oxygens (including phenoxy) is 1. The lowest BCUT2D eigenvalue weighted by Gasteiger charge is -2.34. The Bertz CT molecular complexity index is 892. The molecule has 2 unspecified atom stereocenters. The van der Waals surface area contributed by atoms with E-state index in [1.165, 1.54) is 5.56 Å². The lowest BCUT2D eigenvalue weighted by atomic mass is 9.92. The van der Waals surface area contributed by atoms with E-state index in [0.29, 0.717) is 29.3 Å². The van der Waals surface area contributed by atoms with Gasteiger partial charge in [0.25, 0.3) is 0 Å². The van der Waals surface area contributed by atoms with Gasteiger partial charge in [-0.15, -0.1) is 0 Å². The molecule has 2 heterocycles. The summed E-state index contributed by atoms with van der Waals surface area (Å²) >= 11 is 0. The van der Waals surface area contributed by atoms with E-state index < -0.39 is 12.5 Å². The molecule has 2 aromatic carbocycles. The molecule has 0 bridgehead atoms. The van der Waals surface area contributed by atoms with Crippen LogP contribution in [-0.4, -0.2) is 32.2 Å². The monoisotopic (exact) mass is 415 g/mol. The van der Waals surface area contributed by atoms with E-state index in [9.17, 15) is 13.6 Å². The minimum atomic E-state index is -2.85. The number of aryl methyl sites for hydroxylation is 1. The van der Waals surface area contributed by atoms with E-state index in [1.807, 2.05) is 18.2 Å². The molecule has 0 aromatic heterocycles. The summed E-state index contributed by atoms with van der Waals surface area (Å²) in [6, 6.07) is 14.2. The second kappa shape index (κ2) is 9.10. The van der Waals surface area contributed by atoms with Crippen LogP contribution in [0, 0.1) is 0 Å². The Balaban J connectivity index is 1.57. The molecule has 4 rings (SSSR count). The predicted octanol–water partition coefficient (Wildman–Crippen LogP) is 3.78. The van der Waals surface area contributed by atoms with Gasteiger partial charge >= 0.3 is 6.55 Å². The standard InChI is InChI=1S/C23H27F2N3O2/c1-30-20-13-16-9-10-21(29)28(23(24)25)19(16)12-17(20)14-27-18-8-5-11-26-22(18)15-6-3-2-4-7-15/h2-4,6-7,12-13,18,22-23,26-27H,5,8-11,14H2,1H3. The third-order valence-corrected chi connectivity index (χ3v) is 5.99. The maximum atomic E-state index is 13.5. The fraction of sp³-hybridized carbons (Fsp3) is 0.435. The summed E-state index contributed by atoms with van der Waals surface area (Å²) in [5, 5.41) is 7.17. The topological polar surface area (TPSA) is 53.6 Å². The van der Waals surface area contributed by atoms with Crippen molar-refractivity contribution < 1.29 is 18.3 Å². The van der Waals surface area contributed by atoms with Gasteiger partial charge in [-0.25, -0.2) is 0 Å². The van der Waals surface area contributed by atoms with E-state index in [4.69, 9.17) is 4.74 Å². The van der Waals surface area contributed by atoms with E-state index in [1.54, 1.807) is 19.2 Å². The molecule has 0 aliphatic carbocycles. The van der Waals surface area contributed by atoms with E-state index in [2.05, 4.69) is 22.8 Å². The van der Waals surface area contributed by atoms with Crippen molar-refractivity contribution in [2.24, 2.45) is 0 Å². The van der Waals surface area contributed by atoms with Crippen molar-refractivity contribution in [3.8, 4) is 5.75 Å². The molecule has 2 atom stereocenters. The van der Waals surface area contributed by atoms with E-state index >= 15 is 0 Å². The Labute approximate surface area is 175 Å². The number of nitrogens with one attached hydrogen (secondary N) is 2. The summed E-state index contributed by atoms with van der Waals surface area (Å²) in [5.74, 6) is 0.118. The number of carbonyl (C=O) groups is 1. The largest absolute Gasteiger partial charge is 0.496 e. The molecule has 1 fully saturated rings. The third kappa shape index (κ3) is 4.18. The molecule has 160 valence electrons. The smallest absolute Gasteiger partial charge is 0.321 e. The molecule has 0 radical (unpaired) electrons. The summed E-state index contributed by atoms with van der Waals surface area (Å²) < 4.78 is 32.6. The van der Waals surface area contributed by atoms with Crippen LogP contribution in [0.2, 0.25) is 0 Å². The molecule has 0 saturated carbocycles. The first-order valence-corrected chi connectivity index (χ1v) is 10.4. The van der Waals surface area contributed by atoms with Crippen molar-refractivity contribution in [2.45, 2.75) is 50.9 Å². The van der Waals surface area contributed by atoms with Gasteiger partial charge in [0.15, 0.2) is 0 Å². The zero-order valence-corrected chi connectivity index (χ0v) is 17.0. The lowest BCUT2D eigenvalue weighted by Crippen LogP contribution is -2.45. The van der Waals surface area contributed by atoms with Crippen LogP contribution in [0.25, 0.3) is 0 Å². The normalized spacial score (nSPS) is 21.6. The third-order valence-electron chi connectivity index (χ3n) is 5.99. The fourth-order valence-corrected chi connectivity index (χ4v) is 4.48. The minimum Gasteiger partial charge on any atom is -0.496 e. The van der Waals surface area contributed by atoms with Crippen molar-refractivity contribution in [2.75, 3.05) is 18.6 Å². The molecule has 2 aromatic rings. The first-order valence-electron chi connectivity index (χ1n) is 10.4. The fourth-order valence-electron chi connectivity index (χ4n) is 4.48. The number of fused-ring (bicyclic) bond motifs is 1. The first-order chi connectivity index (χ1) is 14.6. The highest BCUT2D eigenvalue weighted by atomic mass is 19.3. The summed E-state index contributed by atoms with van der Waals surface area (Å²) in [6.45, 7) is -1.42. The highest BCUT2D eigenvalue weighted by Crippen LogP contribution is 2.36. The van der Waals surface area contributed by atoms with Crippen LogP contribution in [0.5, 0.6) is 5.75 Å². The molecule has 1 amide bonds. The zero-order chi connectivity index (χ0) is 21.1. The van der Waals surface area contributed by atoms with Crippen molar-refractivity contribution in [1.82, 2.24) is 10.6 Å². The first kappa shape index (κ1) is 20.8. The number of anilines is 1. The van der Waals surface area contributed by atoms with E-state index in [0.717, 1.165) is 30.5 Å². The van der Waals surface area contributed by atoms with Gasteiger partial charge in [0.05, 0.1) is 12.8 Å². The van der Waals surface area contributed by atoms with Crippen LogP contribution < -0.4 is 20.3 Å². The van der Waals surface area contributed by atoms with Gasteiger partial charge in [0.2, 0.25) is 5.91 Å². The highest BCUT2D eigenvalue weighted by Gasteiger charge is 2.32. The van der Waals surface area contributed by atoms with Gasteiger partial charge in [-0.3, -0.25) is 9.69 Å². The molecule has 5 nitrogen and oxygen atoms in total. The summed E-state index contributed by atoms with van der Waals surface area (Å²) in [6.07, 6.45) is 2.62. The molecule has 2 aliphatic heterocycles. The summed E-state index contributed by atoms with van der Waals surface area (Å²) in [7, 11) is 1.58. The number of piperidine rings is 1. The number of hydrogen-bond acceptors (Lipinski definition) is 4. The molecule has 1 saturated heterocycles. The highest BCUT2D eigenvalue weighted by molar-refractivity contribution is 5.96. The van der Waals surface area contributed by atoms with Gasteiger partial charge in [-0.05, 0) is 49.1 Å². The maximum Gasteiger partial charge on any atom is 0.321 e. The number of benzene rings is 2. The van der Waals surface area contributed by atoms with Gasteiger partial charge in [-0.2, -0.15) is 8.78 Å². The second-order valence-corrected chi connectivity index (χ2v) is 7.81. The van der Waals surface area contributed by atoms with Crippen molar-refractivity contribution in [3.63, 3.8) is 0 Å². The Morgan fingerprint density at radius 2 is 2.03 bits per heavy atom. The van der Waals surface area contributed by atoms with Crippen molar-refractivity contribution >= 4 is 11.6 Å². The Morgan fingerprint density at radius 1 is 1.23 bits per heavy atom. The van der Waals surface area contributed by atoms with Gasteiger partial charge < -0.3 is 15.4 Å². The molecule has 2 aliphatic rings. The number of nitrogens with zero attached hydrogens (tertiary/aromatic N) is 1. The molecule has 0 spiro atoms. The van der Waals surface area contributed by atoms with Gasteiger partial charge in [0.1, 0.15) is 5.75 Å².